The summed E-state index contributed by atoms with van der Waals surface area (Å²) in [6, 6.07) is 0. The van der Waals surface area contributed by atoms with Crippen molar-refractivity contribution in [1.82, 2.24) is 5.32 Å². The number of allylic oxidation sites excluding steroid dienone is 1. The van der Waals surface area contributed by atoms with Crippen LogP contribution in [0.4, 0.5) is 0 Å². The highest BCUT2D eigenvalue weighted by atomic mass is 35.5. The Balaban J connectivity index is 3.19. The lowest BCUT2D eigenvalue weighted by Crippen LogP contribution is -2.16. The average Bonchev–Trinajstić information content (AvgIpc) is 2.46. The summed E-state index contributed by atoms with van der Waals surface area (Å²) >= 11 is 6.11. The van der Waals surface area contributed by atoms with Crippen molar-refractivity contribution < 1.29 is 0 Å². The summed E-state index contributed by atoms with van der Waals surface area (Å²) in [5, 5.41) is 4.08. The van der Waals surface area contributed by atoms with Crippen LogP contribution in [0.3, 0.4) is 0 Å². The summed E-state index contributed by atoms with van der Waals surface area (Å²) in [5.74, 6) is 0.647. The molecule has 0 heterocycles. The second kappa shape index (κ2) is 16.2. The normalized spacial score (nSPS) is 12.1. The summed E-state index contributed by atoms with van der Waals surface area (Å²) in [6.07, 6.45) is 18.6. The average molecular weight is 316 g/mol. The van der Waals surface area contributed by atoms with Gasteiger partial charge >= 0.3 is 0 Å². The standard InChI is InChI=1S/C19H38ClN/c1-4-5-6-7-8-9-10-11-12-13-14-15-16-19(20)21-17-18(2)3/h16,18,21H,4-15,17H2,1-3H3/b19-16+. The van der Waals surface area contributed by atoms with Crippen molar-refractivity contribution in [2.24, 2.45) is 5.92 Å². The van der Waals surface area contributed by atoms with Gasteiger partial charge in [-0.3, -0.25) is 0 Å². The van der Waals surface area contributed by atoms with E-state index in [9.17, 15) is 0 Å². The quantitative estimate of drug-likeness (QED) is 0.253. The van der Waals surface area contributed by atoms with Gasteiger partial charge in [0.2, 0.25) is 0 Å². The summed E-state index contributed by atoms with van der Waals surface area (Å²) in [7, 11) is 0. The number of halogens is 1. The SMILES string of the molecule is CCCCCCCCCCCCC/C=C(\Cl)NCC(C)C. The van der Waals surface area contributed by atoms with Gasteiger partial charge in [-0.1, -0.05) is 96.6 Å². The first-order valence-electron chi connectivity index (χ1n) is 9.26. The molecule has 0 aromatic heterocycles. The minimum Gasteiger partial charge on any atom is -0.376 e. The molecule has 0 aliphatic rings. The molecule has 0 saturated heterocycles. The maximum Gasteiger partial charge on any atom is 0.0977 e. The molecule has 0 aliphatic carbocycles. The smallest absolute Gasteiger partial charge is 0.0977 e. The molecule has 0 saturated carbocycles. The third kappa shape index (κ3) is 17.8. The van der Waals surface area contributed by atoms with Gasteiger partial charge in [-0.05, 0) is 24.8 Å². The van der Waals surface area contributed by atoms with E-state index in [2.05, 4.69) is 32.2 Å². The van der Waals surface area contributed by atoms with Gasteiger partial charge in [-0.25, -0.2) is 0 Å². The zero-order valence-corrected chi connectivity index (χ0v) is 15.5. The van der Waals surface area contributed by atoms with Gasteiger partial charge in [0, 0.05) is 6.54 Å². The van der Waals surface area contributed by atoms with Crippen LogP contribution in [0.15, 0.2) is 11.2 Å². The second-order valence-electron chi connectivity index (χ2n) is 6.65. The zero-order valence-electron chi connectivity index (χ0n) is 14.7. The van der Waals surface area contributed by atoms with Crippen molar-refractivity contribution in [2.75, 3.05) is 6.54 Å². The Labute approximate surface area is 138 Å². The van der Waals surface area contributed by atoms with E-state index in [-0.39, 0.29) is 0 Å². The monoisotopic (exact) mass is 315 g/mol. The summed E-state index contributed by atoms with van der Waals surface area (Å²) in [4.78, 5) is 0. The van der Waals surface area contributed by atoms with Gasteiger partial charge in [-0.15, -0.1) is 0 Å². The fraction of sp³-hybridized carbons (Fsp3) is 0.895. The molecule has 0 unspecified atom stereocenters. The van der Waals surface area contributed by atoms with E-state index in [1.807, 2.05) is 0 Å². The van der Waals surface area contributed by atoms with E-state index in [4.69, 9.17) is 11.6 Å². The van der Waals surface area contributed by atoms with Crippen LogP contribution in [-0.4, -0.2) is 6.54 Å². The molecule has 0 amide bonds. The minimum absolute atomic E-state index is 0.647. The first-order chi connectivity index (χ1) is 10.2. The lowest BCUT2D eigenvalue weighted by atomic mass is 10.1. The molecule has 0 radical (unpaired) electrons. The Bertz CT molecular complexity index is 236. The van der Waals surface area contributed by atoms with Gasteiger partial charge in [0.15, 0.2) is 0 Å². The Morgan fingerprint density at radius 2 is 1.33 bits per heavy atom. The predicted octanol–water partition coefficient (Wildman–Crippen LogP) is 7.01. The molecular formula is C19H38ClN. The molecule has 0 aromatic carbocycles. The largest absolute Gasteiger partial charge is 0.376 e. The van der Waals surface area contributed by atoms with Gasteiger partial charge in [0.25, 0.3) is 0 Å². The number of hydrogen-bond donors (Lipinski definition) is 1. The van der Waals surface area contributed by atoms with E-state index >= 15 is 0 Å². The summed E-state index contributed by atoms with van der Waals surface area (Å²) in [5.41, 5.74) is 0. The molecule has 0 fully saturated rings. The first-order valence-corrected chi connectivity index (χ1v) is 9.64. The van der Waals surface area contributed by atoms with Gasteiger partial charge < -0.3 is 5.32 Å². The highest BCUT2D eigenvalue weighted by molar-refractivity contribution is 6.29. The molecule has 126 valence electrons. The molecule has 0 atom stereocenters. The van der Waals surface area contributed by atoms with Crippen LogP contribution >= 0.6 is 11.6 Å². The number of nitrogens with one attached hydrogen (secondary N) is 1. The van der Waals surface area contributed by atoms with Crippen LogP contribution in [0.2, 0.25) is 0 Å². The van der Waals surface area contributed by atoms with E-state index in [0.29, 0.717) is 5.92 Å². The second-order valence-corrected chi connectivity index (χ2v) is 7.06. The van der Waals surface area contributed by atoms with E-state index in [1.54, 1.807) is 0 Å². The van der Waals surface area contributed by atoms with Crippen LogP contribution in [0.5, 0.6) is 0 Å². The Kier molecular flexibility index (Phi) is 16.1. The van der Waals surface area contributed by atoms with E-state index in [1.165, 1.54) is 70.6 Å². The molecule has 1 nitrogen and oxygen atoms in total. The minimum atomic E-state index is 0.647. The third-order valence-corrected chi connectivity index (χ3v) is 4.10. The van der Waals surface area contributed by atoms with Crippen LogP contribution < -0.4 is 5.32 Å². The first kappa shape index (κ1) is 20.8. The summed E-state index contributed by atoms with van der Waals surface area (Å²) in [6.45, 7) is 7.64. The topological polar surface area (TPSA) is 12.0 Å². The van der Waals surface area contributed by atoms with Crippen LogP contribution in [-0.2, 0) is 0 Å². The van der Waals surface area contributed by atoms with E-state index < -0.39 is 0 Å². The Morgan fingerprint density at radius 1 is 0.857 bits per heavy atom. The van der Waals surface area contributed by atoms with E-state index in [0.717, 1.165) is 18.1 Å². The third-order valence-electron chi connectivity index (χ3n) is 3.81. The molecule has 1 N–H and O–H groups in total. The molecule has 0 rings (SSSR count). The van der Waals surface area contributed by atoms with Gasteiger partial charge in [-0.2, -0.15) is 0 Å². The van der Waals surface area contributed by atoms with Gasteiger partial charge in [0.1, 0.15) is 0 Å². The van der Waals surface area contributed by atoms with Crippen molar-refractivity contribution in [1.29, 1.82) is 0 Å². The van der Waals surface area contributed by atoms with Crippen LogP contribution in [0.1, 0.15) is 97.8 Å². The molecular weight excluding hydrogens is 278 g/mol. The maximum atomic E-state index is 6.11. The lowest BCUT2D eigenvalue weighted by molar-refractivity contribution is 0.550. The molecule has 0 aromatic rings. The van der Waals surface area contributed by atoms with Crippen molar-refractivity contribution in [2.45, 2.75) is 97.8 Å². The predicted molar refractivity (Wildman–Crippen MR) is 97.9 cm³/mol. The highest BCUT2D eigenvalue weighted by Crippen LogP contribution is 2.12. The molecule has 0 bridgehead atoms. The van der Waals surface area contributed by atoms with Crippen molar-refractivity contribution in [3.05, 3.63) is 11.2 Å². The highest BCUT2D eigenvalue weighted by Gasteiger charge is 1.95. The van der Waals surface area contributed by atoms with Crippen molar-refractivity contribution >= 4 is 11.6 Å². The lowest BCUT2D eigenvalue weighted by Gasteiger charge is -2.07. The fourth-order valence-corrected chi connectivity index (χ4v) is 2.60. The molecule has 0 aliphatic heterocycles. The number of hydrogen-bond acceptors (Lipinski definition) is 1. The molecule has 2 heteroatoms. The maximum absolute atomic E-state index is 6.11. The summed E-state index contributed by atoms with van der Waals surface area (Å²) < 4.78 is 0. The molecule has 0 spiro atoms. The number of rotatable bonds is 15. The molecule has 21 heavy (non-hydrogen) atoms. The van der Waals surface area contributed by atoms with Gasteiger partial charge in [0.05, 0.1) is 5.16 Å². The van der Waals surface area contributed by atoms with Crippen molar-refractivity contribution in [3.8, 4) is 0 Å². The Morgan fingerprint density at radius 3 is 1.81 bits per heavy atom. The van der Waals surface area contributed by atoms with Crippen molar-refractivity contribution in [3.63, 3.8) is 0 Å². The fourth-order valence-electron chi connectivity index (χ4n) is 2.41. The number of unbranched alkanes of at least 4 members (excludes halogenated alkanes) is 11. The van der Waals surface area contributed by atoms with Crippen LogP contribution in [0, 0.1) is 5.92 Å². The Hall–Kier alpha value is -0.170. The zero-order chi connectivity index (χ0) is 15.8. The van der Waals surface area contributed by atoms with Crippen LogP contribution in [0.25, 0.3) is 0 Å².